The summed E-state index contributed by atoms with van der Waals surface area (Å²) < 4.78 is 5.23. The van der Waals surface area contributed by atoms with Crippen molar-refractivity contribution in [3.63, 3.8) is 0 Å². The van der Waals surface area contributed by atoms with E-state index in [0.29, 0.717) is 17.4 Å². The molecule has 0 unspecified atom stereocenters. The molecule has 28 heavy (non-hydrogen) atoms. The van der Waals surface area contributed by atoms with E-state index in [9.17, 15) is 9.59 Å². The van der Waals surface area contributed by atoms with Gasteiger partial charge in [0, 0.05) is 11.3 Å². The van der Waals surface area contributed by atoms with Crippen molar-refractivity contribution in [1.29, 1.82) is 0 Å². The topological polar surface area (TPSA) is 120 Å². The molecule has 2 aromatic carbocycles. The number of aldehydes is 1. The molecule has 0 radical (unpaired) electrons. The molecule has 0 spiro atoms. The van der Waals surface area contributed by atoms with Crippen molar-refractivity contribution in [1.82, 2.24) is 15.0 Å². The molecule has 1 heterocycles. The number of ether oxygens (including phenoxy) is 1. The summed E-state index contributed by atoms with van der Waals surface area (Å²) in [6, 6.07) is 13.9. The molecule has 3 N–H and O–H groups in total. The first-order valence-corrected chi connectivity index (χ1v) is 8.66. The Balaban J connectivity index is 1.70. The fourth-order valence-electron chi connectivity index (χ4n) is 2.54. The summed E-state index contributed by atoms with van der Waals surface area (Å²) in [6.45, 7) is 1.89. The van der Waals surface area contributed by atoms with Gasteiger partial charge in [-0.1, -0.05) is 37.3 Å². The summed E-state index contributed by atoms with van der Waals surface area (Å²) in [7, 11) is 0. The van der Waals surface area contributed by atoms with Gasteiger partial charge in [0.2, 0.25) is 11.9 Å². The molecule has 0 fully saturated rings. The molecule has 0 bridgehead atoms. The van der Waals surface area contributed by atoms with E-state index < -0.39 is 5.97 Å². The quantitative estimate of drug-likeness (QED) is 0.476. The number of hydrogen-bond acceptors (Lipinski definition) is 8. The number of hydrogen-bond donors (Lipinski definition) is 2. The van der Waals surface area contributed by atoms with Crippen LogP contribution in [0.5, 0.6) is 0 Å². The van der Waals surface area contributed by atoms with Gasteiger partial charge in [0.1, 0.15) is 6.29 Å². The zero-order valence-electron chi connectivity index (χ0n) is 15.3. The lowest BCUT2D eigenvalue weighted by molar-refractivity contribution is 0.0462. The van der Waals surface area contributed by atoms with Gasteiger partial charge in [-0.2, -0.15) is 15.0 Å². The number of nitrogens with one attached hydrogen (secondary N) is 1. The molecule has 142 valence electrons. The van der Waals surface area contributed by atoms with Crippen LogP contribution in [0.15, 0.2) is 48.5 Å². The lowest BCUT2D eigenvalue weighted by Gasteiger charge is -2.11. The first-order chi connectivity index (χ1) is 13.6. The second kappa shape index (κ2) is 8.72. The van der Waals surface area contributed by atoms with Crippen molar-refractivity contribution in [2.24, 2.45) is 0 Å². The second-order valence-electron chi connectivity index (χ2n) is 5.89. The Morgan fingerprint density at radius 1 is 1.11 bits per heavy atom. The third-order valence-electron chi connectivity index (χ3n) is 3.96. The Bertz CT molecular complexity index is 989. The molecule has 3 aromatic rings. The summed E-state index contributed by atoms with van der Waals surface area (Å²) in [5, 5.41) is 3.12. The highest BCUT2D eigenvalue weighted by molar-refractivity contribution is 5.90. The van der Waals surface area contributed by atoms with Crippen LogP contribution in [-0.4, -0.2) is 27.2 Å². The average molecular weight is 377 g/mol. The largest absolute Gasteiger partial charge is 0.454 e. The maximum absolute atomic E-state index is 12.1. The number of benzene rings is 2. The molecular weight excluding hydrogens is 358 g/mol. The molecule has 0 atom stereocenters. The van der Waals surface area contributed by atoms with E-state index in [1.54, 1.807) is 0 Å². The predicted octanol–water partition coefficient (Wildman–Crippen LogP) is 2.93. The fourth-order valence-corrected chi connectivity index (χ4v) is 2.54. The normalized spacial score (nSPS) is 10.3. The molecule has 0 aliphatic carbocycles. The van der Waals surface area contributed by atoms with Crippen LogP contribution < -0.4 is 11.1 Å². The van der Waals surface area contributed by atoms with Crippen molar-refractivity contribution in [3.8, 4) is 0 Å². The van der Waals surface area contributed by atoms with Gasteiger partial charge >= 0.3 is 5.97 Å². The summed E-state index contributed by atoms with van der Waals surface area (Å²) in [6.07, 6.45) is 1.55. The molecule has 0 saturated carbocycles. The van der Waals surface area contributed by atoms with E-state index in [0.717, 1.165) is 17.7 Å². The fraction of sp³-hybridized carbons (Fsp3) is 0.150. The molecule has 0 amide bonds. The zero-order chi connectivity index (χ0) is 19.9. The number of carbonyl (C=O) groups is 2. The van der Waals surface area contributed by atoms with Gasteiger partial charge in [0.05, 0.1) is 5.56 Å². The molecule has 8 heteroatoms. The summed E-state index contributed by atoms with van der Waals surface area (Å²) in [4.78, 5) is 35.2. The molecule has 3 rings (SSSR count). The maximum Gasteiger partial charge on any atom is 0.338 e. The SMILES string of the molecule is CCc1ccccc1Nc1nc(N)nc(COC(=O)c2ccc(C=O)cc2)n1. The highest BCUT2D eigenvalue weighted by atomic mass is 16.5. The lowest BCUT2D eigenvalue weighted by Crippen LogP contribution is -2.11. The van der Waals surface area contributed by atoms with Crippen molar-refractivity contribution in [3.05, 3.63) is 71.0 Å². The van der Waals surface area contributed by atoms with Crippen molar-refractivity contribution in [2.75, 3.05) is 11.1 Å². The average Bonchev–Trinajstić information content (AvgIpc) is 2.72. The van der Waals surface area contributed by atoms with Crippen LogP contribution in [-0.2, 0) is 17.8 Å². The first kappa shape index (κ1) is 19.0. The third-order valence-corrected chi connectivity index (χ3v) is 3.96. The number of nitrogen functional groups attached to an aromatic ring is 1. The highest BCUT2D eigenvalue weighted by Gasteiger charge is 2.11. The van der Waals surface area contributed by atoms with Crippen molar-refractivity contribution in [2.45, 2.75) is 20.0 Å². The van der Waals surface area contributed by atoms with E-state index >= 15 is 0 Å². The maximum atomic E-state index is 12.1. The van der Waals surface area contributed by atoms with Crippen LogP contribution in [0.2, 0.25) is 0 Å². The van der Waals surface area contributed by atoms with Gasteiger partial charge in [-0.25, -0.2) is 4.79 Å². The number of carbonyl (C=O) groups excluding carboxylic acids is 2. The summed E-state index contributed by atoms with van der Waals surface area (Å²) in [5.41, 5.74) is 8.53. The number of aromatic nitrogens is 3. The molecule has 8 nitrogen and oxygen atoms in total. The van der Waals surface area contributed by atoms with Crippen LogP contribution in [0.3, 0.4) is 0 Å². The number of aryl methyl sites for hydroxylation is 1. The van der Waals surface area contributed by atoms with Gasteiger partial charge in [0.25, 0.3) is 0 Å². The Morgan fingerprint density at radius 2 is 1.86 bits per heavy atom. The third kappa shape index (κ3) is 4.67. The lowest BCUT2D eigenvalue weighted by atomic mass is 10.1. The van der Waals surface area contributed by atoms with Gasteiger partial charge in [-0.15, -0.1) is 0 Å². The highest BCUT2D eigenvalue weighted by Crippen LogP contribution is 2.19. The second-order valence-corrected chi connectivity index (χ2v) is 5.89. The molecule has 1 aromatic heterocycles. The van der Waals surface area contributed by atoms with Gasteiger partial charge in [-0.3, -0.25) is 4.79 Å². The zero-order valence-corrected chi connectivity index (χ0v) is 15.3. The Labute approximate surface area is 161 Å². The van der Waals surface area contributed by atoms with Gasteiger partial charge < -0.3 is 15.8 Å². The Morgan fingerprint density at radius 3 is 2.57 bits per heavy atom. The van der Waals surface area contributed by atoms with Crippen LogP contribution in [0, 0.1) is 0 Å². The smallest absolute Gasteiger partial charge is 0.338 e. The molecule has 0 aliphatic heterocycles. The van der Waals surface area contributed by atoms with E-state index in [1.807, 2.05) is 24.3 Å². The van der Waals surface area contributed by atoms with Crippen LogP contribution in [0.4, 0.5) is 17.6 Å². The van der Waals surface area contributed by atoms with Crippen LogP contribution in [0.1, 0.15) is 39.0 Å². The standard InChI is InChI=1S/C20H19N5O3/c1-2-14-5-3-4-6-16(14)22-20-24-17(23-19(21)25-20)12-28-18(27)15-9-7-13(11-26)8-10-15/h3-11H,2,12H2,1H3,(H3,21,22,23,24,25). The number of nitrogens with zero attached hydrogens (tertiary/aromatic N) is 3. The number of esters is 1. The van der Waals surface area contributed by atoms with Crippen molar-refractivity contribution >= 4 is 29.8 Å². The predicted molar refractivity (Wildman–Crippen MR) is 104 cm³/mol. The minimum atomic E-state index is -0.553. The monoisotopic (exact) mass is 377 g/mol. The number of rotatable bonds is 7. The number of para-hydroxylation sites is 1. The van der Waals surface area contributed by atoms with Crippen molar-refractivity contribution < 1.29 is 14.3 Å². The van der Waals surface area contributed by atoms with E-state index in [1.165, 1.54) is 24.3 Å². The number of nitrogens with two attached hydrogens (primary N) is 1. The molecule has 0 saturated heterocycles. The van der Waals surface area contributed by atoms with E-state index in [4.69, 9.17) is 10.5 Å². The summed E-state index contributed by atoms with van der Waals surface area (Å²) in [5.74, 6) is -0.0354. The minimum Gasteiger partial charge on any atom is -0.454 e. The van der Waals surface area contributed by atoms with Gasteiger partial charge in [-0.05, 0) is 30.2 Å². The Hall–Kier alpha value is -3.81. The van der Waals surface area contributed by atoms with E-state index in [-0.39, 0.29) is 24.3 Å². The molecular formula is C20H19N5O3. The Kier molecular flexibility index (Phi) is 5.91. The number of anilines is 3. The van der Waals surface area contributed by atoms with Crippen LogP contribution >= 0.6 is 0 Å². The van der Waals surface area contributed by atoms with E-state index in [2.05, 4.69) is 27.2 Å². The van der Waals surface area contributed by atoms with Crippen LogP contribution in [0.25, 0.3) is 0 Å². The minimum absolute atomic E-state index is 0.0212. The first-order valence-electron chi connectivity index (χ1n) is 8.66. The molecule has 0 aliphatic rings. The van der Waals surface area contributed by atoms with Gasteiger partial charge in [0.15, 0.2) is 12.4 Å². The summed E-state index contributed by atoms with van der Waals surface area (Å²) >= 11 is 0.